The average molecular weight is 334 g/mol. The van der Waals surface area contributed by atoms with Crippen LogP contribution >= 0.6 is 0 Å². The van der Waals surface area contributed by atoms with Gasteiger partial charge in [-0.1, -0.05) is 30.3 Å². The minimum Gasteiger partial charge on any atom is -0.444 e. The Balaban J connectivity index is 1.96. The number of carbonyl (C=O) groups excluding carboxylic acids is 1. The number of aliphatic hydroxyl groups is 1. The molecule has 24 heavy (non-hydrogen) atoms. The third-order valence-corrected chi connectivity index (χ3v) is 4.24. The molecule has 1 unspecified atom stereocenters. The van der Waals surface area contributed by atoms with Gasteiger partial charge in [-0.2, -0.15) is 0 Å². The van der Waals surface area contributed by atoms with Gasteiger partial charge in [0.25, 0.3) is 0 Å². The molecule has 134 valence electrons. The van der Waals surface area contributed by atoms with Crippen molar-refractivity contribution in [1.29, 1.82) is 0 Å². The molecule has 2 N–H and O–H groups in total. The highest BCUT2D eigenvalue weighted by Crippen LogP contribution is 2.21. The van der Waals surface area contributed by atoms with Crippen molar-refractivity contribution in [3.8, 4) is 0 Å². The van der Waals surface area contributed by atoms with Gasteiger partial charge in [0, 0.05) is 19.1 Å². The first kappa shape index (κ1) is 18.7. The first-order chi connectivity index (χ1) is 11.4. The molecule has 5 heteroatoms. The van der Waals surface area contributed by atoms with E-state index in [0.29, 0.717) is 6.54 Å². The van der Waals surface area contributed by atoms with E-state index in [0.717, 1.165) is 31.4 Å². The van der Waals surface area contributed by atoms with Crippen LogP contribution < -0.4 is 5.32 Å². The van der Waals surface area contributed by atoms with E-state index in [2.05, 4.69) is 5.32 Å². The van der Waals surface area contributed by atoms with Crippen LogP contribution in [0.3, 0.4) is 0 Å². The second-order valence-electron chi connectivity index (χ2n) is 7.38. The van der Waals surface area contributed by atoms with Crippen LogP contribution in [0.2, 0.25) is 0 Å². The summed E-state index contributed by atoms with van der Waals surface area (Å²) in [4.78, 5) is 14.3. The summed E-state index contributed by atoms with van der Waals surface area (Å²) in [5.41, 5.74) is 0.573. The number of rotatable bonds is 5. The zero-order valence-corrected chi connectivity index (χ0v) is 15.0. The molecular weight excluding hydrogens is 304 g/mol. The van der Waals surface area contributed by atoms with Crippen LogP contribution in [0.5, 0.6) is 0 Å². The molecular formula is C19H30N2O3. The predicted octanol–water partition coefficient (Wildman–Crippen LogP) is 3.10. The molecule has 0 spiro atoms. The number of nitrogens with zero attached hydrogens (tertiary/aromatic N) is 1. The molecule has 0 aromatic heterocycles. The fourth-order valence-corrected chi connectivity index (χ4v) is 3.03. The number of benzene rings is 1. The predicted molar refractivity (Wildman–Crippen MR) is 94.9 cm³/mol. The van der Waals surface area contributed by atoms with Gasteiger partial charge in [0.2, 0.25) is 0 Å². The molecule has 0 saturated carbocycles. The number of piperidine rings is 1. The summed E-state index contributed by atoms with van der Waals surface area (Å²) in [6.45, 7) is 7.08. The van der Waals surface area contributed by atoms with Gasteiger partial charge in [0.05, 0.1) is 12.6 Å². The summed E-state index contributed by atoms with van der Waals surface area (Å²) in [6.07, 6.45) is 2.84. The molecule has 1 heterocycles. The quantitative estimate of drug-likeness (QED) is 0.868. The Morgan fingerprint density at radius 1 is 1.33 bits per heavy atom. The van der Waals surface area contributed by atoms with Crippen LogP contribution in [0.25, 0.3) is 0 Å². The summed E-state index contributed by atoms with van der Waals surface area (Å²) in [5, 5.41) is 13.1. The maximum Gasteiger partial charge on any atom is 0.410 e. The van der Waals surface area contributed by atoms with E-state index in [1.54, 1.807) is 0 Å². The minimum atomic E-state index is -0.482. The first-order valence-electron chi connectivity index (χ1n) is 8.79. The molecule has 0 aliphatic carbocycles. The Kier molecular flexibility index (Phi) is 6.63. The fourth-order valence-electron chi connectivity index (χ4n) is 3.03. The van der Waals surface area contributed by atoms with E-state index >= 15 is 0 Å². The zero-order valence-electron chi connectivity index (χ0n) is 15.0. The van der Waals surface area contributed by atoms with E-state index in [-0.39, 0.29) is 24.8 Å². The lowest BCUT2D eigenvalue weighted by molar-refractivity contribution is 0.00946. The van der Waals surface area contributed by atoms with Crippen molar-refractivity contribution in [3.05, 3.63) is 35.9 Å². The molecule has 1 saturated heterocycles. The summed E-state index contributed by atoms with van der Waals surface area (Å²) in [6, 6.07) is 9.88. The van der Waals surface area contributed by atoms with Crippen molar-refractivity contribution in [2.24, 2.45) is 0 Å². The zero-order chi connectivity index (χ0) is 17.6. The molecule has 5 nitrogen and oxygen atoms in total. The molecule has 2 rings (SSSR count). The number of amides is 1. The van der Waals surface area contributed by atoms with Crippen LogP contribution in [-0.4, -0.2) is 47.4 Å². The van der Waals surface area contributed by atoms with Gasteiger partial charge in [-0.15, -0.1) is 0 Å². The molecule has 1 aromatic carbocycles. The highest BCUT2D eigenvalue weighted by molar-refractivity contribution is 5.68. The van der Waals surface area contributed by atoms with Crippen LogP contribution in [0, 0.1) is 0 Å². The molecule has 2 atom stereocenters. The number of ether oxygens (including phenoxy) is 1. The lowest BCUT2D eigenvalue weighted by atomic mass is 10.0. The van der Waals surface area contributed by atoms with Crippen molar-refractivity contribution < 1.29 is 14.6 Å². The summed E-state index contributed by atoms with van der Waals surface area (Å²) in [5.74, 6) is 0. The van der Waals surface area contributed by atoms with Crippen molar-refractivity contribution in [2.75, 3.05) is 19.7 Å². The number of carbonyl (C=O) groups is 1. The van der Waals surface area contributed by atoms with Crippen molar-refractivity contribution in [3.63, 3.8) is 0 Å². The highest BCUT2D eigenvalue weighted by atomic mass is 16.6. The normalized spacial score (nSPS) is 19.8. The average Bonchev–Trinajstić information content (AvgIpc) is 2.55. The lowest BCUT2D eigenvalue weighted by Crippen LogP contribution is -2.50. The van der Waals surface area contributed by atoms with Crippen molar-refractivity contribution in [1.82, 2.24) is 10.2 Å². The highest BCUT2D eigenvalue weighted by Gasteiger charge is 2.30. The van der Waals surface area contributed by atoms with Gasteiger partial charge >= 0.3 is 6.09 Å². The standard InChI is InChI=1S/C19H30N2O3/c1-19(2,3)24-18(23)21-12-8-7-11-16(21)13-20-17(14-22)15-9-5-4-6-10-15/h4-6,9-10,16-17,20,22H,7-8,11-14H2,1-3H3/t16?,17-/m1/s1. The SMILES string of the molecule is CC(C)(C)OC(=O)N1CCCCC1CN[C@H](CO)c1ccccc1. The van der Waals surface area contributed by atoms with Gasteiger partial charge in [0.15, 0.2) is 0 Å². The Bertz CT molecular complexity index is 513. The van der Waals surface area contributed by atoms with E-state index in [1.165, 1.54) is 0 Å². The molecule has 0 radical (unpaired) electrons. The van der Waals surface area contributed by atoms with Gasteiger partial charge in [-0.3, -0.25) is 0 Å². The van der Waals surface area contributed by atoms with E-state index in [4.69, 9.17) is 4.74 Å². The number of aliphatic hydroxyl groups excluding tert-OH is 1. The monoisotopic (exact) mass is 334 g/mol. The lowest BCUT2D eigenvalue weighted by Gasteiger charge is -2.37. The van der Waals surface area contributed by atoms with Crippen LogP contribution in [-0.2, 0) is 4.74 Å². The Morgan fingerprint density at radius 2 is 2.04 bits per heavy atom. The van der Waals surface area contributed by atoms with E-state index < -0.39 is 5.60 Å². The van der Waals surface area contributed by atoms with Gasteiger partial charge in [0.1, 0.15) is 5.60 Å². The smallest absolute Gasteiger partial charge is 0.410 e. The third-order valence-electron chi connectivity index (χ3n) is 4.24. The number of nitrogens with one attached hydrogen (secondary N) is 1. The second-order valence-corrected chi connectivity index (χ2v) is 7.38. The van der Waals surface area contributed by atoms with Gasteiger partial charge < -0.3 is 20.1 Å². The summed E-state index contributed by atoms with van der Waals surface area (Å²) in [7, 11) is 0. The third kappa shape index (κ3) is 5.49. The van der Waals surface area contributed by atoms with Crippen molar-refractivity contribution in [2.45, 2.75) is 57.7 Å². The van der Waals surface area contributed by atoms with Crippen molar-refractivity contribution >= 4 is 6.09 Å². The number of hydrogen-bond donors (Lipinski definition) is 2. The van der Waals surface area contributed by atoms with Crippen LogP contribution in [0.1, 0.15) is 51.6 Å². The van der Waals surface area contributed by atoms with E-state index in [1.807, 2.05) is 56.0 Å². The topological polar surface area (TPSA) is 61.8 Å². The summed E-state index contributed by atoms with van der Waals surface area (Å²) < 4.78 is 5.54. The maximum absolute atomic E-state index is 12.4. The molecule has 1 aromatic rings. The minimum absolute atomic E-state index is 0.0309. The number of hydrogen-bond acceptors (Lipinski definition) is 4. The summed E-state index contributed by atoms with van der Waals surface area (Å²) >= 11 is 0. The Morgan fingerprint density at radius 3 is 2.67 bits per heavy atom. The van der Waals surface area contributed by atoms with Gasteiger partial charge in [-0.05, 0) is 45.6 Å². The molecule has 0 bridgehead atoms. The molecule has 1 amide bonds. The Hall–Kier alpha value is -1.59. The van der Waals surface area contributed by atoms with E-state index in [9.17, 15) is 9.90 Å². The second kappa shape index (κ2) is 8.49. The van der Waals surface area contributed by atoms with Crippen LogP contribution in [0.15, 0.2) is 30.3 Å². The molecule has 1 aliphatic rings. The Labute approximate surface area is 145 Å². The largest absolute Gasteiger partial charge is 0.444 e. The van der Waals surface area contributed by atoms with Crippen LogP contribution in [0.4, 0.5) is 4.79 Å². The molecule has 1 fully saturated rings. The maximum atomic E-state index is 12.4. The molecule has 1 aliphatic heterocycles. The fraction of sp³-hybridized carbons (Fsp3) is 0.632. The number of likely N-dealkylation sites (tertiary alicyclic amines) is 1. The van der Waals surface area contributed by atoms with Gasteiger partial charge in [-0.25, -0.2) is 4.79 Å². The first-order valence-corrected chi connectivity index (χ1v) is 8.79.